The fourth-order valence-electron chi connectivity index (χ4n) is 3.14. The predicted molar refractivity (Wildman–Crippen MR) is 71.2 cm³/mol. The van der Waals surface area contributed by atoms with Crippen LogP contribution in [0.25, 0.3) is 0 Å². The number of nitrogens with two attached hydrogens (primary N) is 1. The van der Waals surface area contributed by atoms with Crippen LogP contribution >= 0.6 is 11.6 Å². The molecule has 2 fully saturated rings. The number of phenols is 1. The van der Waals surface area contributed by atoms with Gasteiger partial charge in [-0.1, -0.05) is 17.7 Å². The first-order valence-corrected chi connectivity index (χ1v) is 6.78. The van der Waals surface area contributed by atoms with Crippen molar-refractivity contribution in [3.05, 3.63) is 28.8 Å². The number of hydrogen-bond acceptors (Lipinski definition) is 4. The molecule has 4 nitrogen and oxygen atoms in total. The van der Waals surface area contributed by atoms with Crippen LogP contribution in [0.15, 0.2) is 18.2 Å². The predicted octanol–water partition coefficient (Wildman–Crippen LogP) is 1.69. The molecule has 0 aromatic heterocycles. The van der Waals surface area contributed by atoms with Crippen LogP contribution in [0.2, 0.25) is 5.02 Å². The van der Waals surface area contributed by atoms with Gasteiger partial charge in [0.05, 0.1) is 11.1 Å². The summed E-state index contributed by atoms with van der Waals surface area (Å²) in [5.41, 5.74) is 13.8. The molecule has 1 saturated carbocycles. The summed E-state index contributed by atoms with van der Waals surface area (Å²) >= 11 is 5.97. The second-order valence-corrected chi connectivity index (χ2v) is 5.73. The zero-order valence-electron chi connectivity index (χ0n) is 10.1. The van der Waals surface area contributed by atoms with Gasteiger partial charge < -0.3 is 10.8 Å². The maximum atomic E-state index is 9.47. The molecule has 1 saturated heterocycles. The van der Waals surface area contributed by atoms with E-state index in [1.165, 1.54) is 0 Å². The van der Waals surface area contributed by atoms with Crippen LogP contribution in [0.1, 0.15) is 30.9 Å². The number of halogens is 1. The molecule has 1 aliphatic heterocycles. The quantitative estimate of drug-likeness (QED) is 0.625. The van der Waals surface area contributed by atoms with Crippen LogP contribution in [-0.2, 0) is 0 Å². The fraction of sp³-hybridized carbons (Fsp3) is 0.538. The number of fused-ring (bicyclic) bond motifs is 1. The minimum atomic E-state index is 0.133. The molecule has 0 amide bonds. The van der Waals surface area contributed by atoms with Crippen molar-refractivity contribution in [1.29, 1.82) is 0 Å². The summed E-state index contributed by atoms with van der Waals surface area (Å²) in [7, 11) is 0. The Balaban J connectivity index is 1.82. The van der Waals surface area contributed by atoms with Gasteiger partial charge in [-0.15, -0.1) is 0 Å². The van der Waals surface area contributed by atoms with Gasteiger partial charge in [-0.3, -0.25) is 5.43 Å². The molecule has 0 spiro atoms. The molecule has 18 heavy (non-hydrogen) atoms. The van der Waals surface area contributed by atoms with E-state index in [4.69, 9.17) is 17.3 Å². The molecule has 5 N–H and O–H groups in total. The Morgan fingerprint density at radius 2 is 2.11 bits per heavy atom. The van der Waals surface area contributed by atoms with E-state index in [0.29, 0.717) is 23.0 Å². The topological polar surface area (TPSA) is 70.3 Å². The second kappa shape index (κ2) is 4.70. The summed E-state index contributed by atoms with van der Waals surface area (Å²) in [5.74, 6) is 0.680. The Hall–Kier alpha value is -0.810. The molecule has 3 rings (SSSR count). The SMILES string of the molecule is NC1CCC2C(C1)NNC2c1ccc(O)c(Cl)c1. The lowest BCUT2D eigenvalue weighted by atomic mass is 9.78. The van der Waals surface area contributed by atoms with Crippen LogP contribution in [0.5, 0.6) is 5.75 Å². The van der Waals surface area contributed by atoms with Crippen LogP contribution in [0.3, 0.4) is 0 Å². The van der Waals surface area contributed by atoms with E-state index < -0.39 is 0 Å². The number of benzene rings is 1. The Labute approximate surface area is 111 Å². The van der Waals surface area contributed by atoms with Crippen molar-refractivity contribution in [3.8, 4) is 5.75 Å². The number of hydrogen-bond donors (Lipinski definition) is 4. The van der Waals surface area contributed by atoms with Crippen molar-refractivity contribution < 1.29 is 5.11 Å². The second-order valence-electron chi connectivity index (χ2n) is 5.32. The summed E-state index contributed by atoms with van der Waals surface area (Å²) in [6.45, 7) is 0. The van der Waals surface area contributed by atoms with E-state index in [0.717, 1.165) is 24.8 Å². The van der Waals surface area contributed by atoms with Gasteiger partial charge in [-0.25, -0.2) is 5.43 Å². The molecule has 1 aromatic rings. The highest BCUT2D eigenvalue weighted by molar-refractivity contribution is 6.32. The van der Waals surface area contributed by atoms with Crippen molar-refractivity contribution in [1.82, 2.24) is 10.9 Å². The Morgan fingerprint density at radius 1 is 1.28 bits per heavy atom. The van der Waals surface area contributed by atoms with Gasteiger partial charge >= 0.3 is 0 Å². The largest absolute Gasteiger partial charge is 0.506 e. The van der Waals surface area contributed by atoms with Gasteiger partial charge in [0.2, 0.25) is 0 Å². The number of aromatic hydroxyl groups is 1. The molecular formula is C13H18ClN3O. The number of nitrogens with one attached hydrogen (secondary N) is 2. The van der Waals surface area contributed by atoms with Crippen molar-refractivity contribution in [2.24, 2.45) is 11.7 Å². The lowest BCUT2D eigenvalue weighted by molar-refractivity contribution is 0.281. The van der Waals surface area contributed by atoms with Crippen LogP contribution < -0.4 is 16.6 Å². The summed E-state index contributed by atoms with van der Waals surface area (Å²) < 4.78 is 0. The van der Waals surface area contributed by atoms with E-state index >= 15 is 0 Å². The number of rotatable bonds is 1. The zero-order valence-corrected chi connectivity index (χ0v) is 10.8. The van der Waals surface area contributed by atoms with Gasteiger partial charge in [-0.2, -0.15) is 0 Å². The monoisotopic (exact) mass is 267 g/mol. The van der Waals surface area contributed by atoms with Crippen molar-refractivity contribution in [3.63, 3.8) is 0 Å². The average Bonchev–Trinajstić information content (AvgIpc) is 2.75. The first kappa shape index (κ1) is 12.2. The molecule has 4 atom stereocenters. The summed E-state index contributed by atoms with van der Waals surface area (Å²) in [6.07, 6.45) is 3.21. The third-order valence-electron chi connectivity index (χ3n) is 4.13. The molecule has 1 aromatic carbocycles. The van der Waals surface area contributed by atoms with Crippen molar-refractivity contribution >= 4 is 11.6 Å². The Morgan fingerprint density at radius 3 is 2.89 bits per heavy atom. The lowest BCUT2D eigenvalue weighted by Crippen LogP contribution is -2.41. The molecule has 4 unspecified atom stereocenters. The molecule has 1 heterocycles. The summed E-state index contributed by atoms with van der Waals surface area (Å²) in [6, 6.07) is 6.42. The van der Waals surface area contributed by atoms with Gasteiger partial charge in [0.15, 0.2) is 0 Å². The fourth-order valence-corrected chi connectivity index (χ4v) is 3.33. The molecule has 1 aliphatic carbocycles. The molecule has 98 valence electrons. The molecular weight excluding hydrogens is 250 g/mol. The standard InChI is InChI=1S/C13H18ClN3O/c14-10-5-7(1-4-12(10)18)13-9-3-2-8(15)6-11(9)16-17-13/h1,4-5,8-9,11,13,16-18H,2-3,6,15H2. The maximum absolute atomic E-state index is 9.47. The van der Waals surface area contributed by atoms with Crippen LogP contribution in [-0.4, -0.2) is 17.2 Å². The molecule has 5 heteroatoms. The van der Waals surface area contributed by atoms with Gasteiger partial charge in [0.1, 0.15) is 5.75 Å². The number of phenolic OH excluding ortho intramolecular Hbond substituents is 1. The zero-order chi connectivity index (χ0) is 12.7. The van der Waals surface area contributed by atoms with Crippen LogP contribution in [0, 0.1) is 5.92 Å². The van der Waals surface area contributed by atoms with E-state index in [9.17, 15) is 5.11 Å². The van der Waals surface area contributed by atoms with E-state index in [-0.39, 0.29) is 11.8 Å². The highest BCUT2D eigenvalue weighted by atomic mass is 35.5. The van der Waals surface area contributed by atoms with Gasteiger partial charge in [0.25, 0.3) is 0 Å². The average molecular weight is 268 g/mol. The van der Waals surface area contributed by atoms with Crippen molar-refractivity contribution in [2.75, 3.05) is 0 Å². The Bertz CT molecular complexity index is 454. The highest BCUT2D eigenvalue weighted by Gasteiger charge is 2.40. The van der Waals surface area contributed by atoms with Crippen molar-refractivity contribution in [2.45, 2.75) is 37.4 Å². The van der Waals surface area contributed by atoms with E-state index in [1.54, 1.807) is 6.07 Å². The van der Waals surface area contributed by atoms with E-state index in [2.05, 4.69) is 10.9 Å². The van der Waals surface area contributed by atoms with Gasteiger partial charge in [-0.05, 0) is 42.9 Å². The third kappa shape index (κ3) is 2.10. The third-order valence-corrected chi connectivity index (χ3v) is 4.43. The lowest BCUT2D eigenvalue weighted by Gasteiger charge is -2.31. The minimum absolute atomic E-state index is 0.133. The molecule has 0 radical (unpaired) electrons. The minimum Gasteiger partial charge on any atom is -0.506 e. The molecule has 0 bridgehead atoms. The smallest absolute Gasteiger partial charge is 0.134 e. The number of hydrazine groups is 1. The first-order chi connectivity index (χ1) is 8.65. The van der Waals surface area contributed by atoms with Crippen LogP contribution in [0.4, 0.5) is 0 Å². The molecule has 2 aliphatic rings. The Kier molecular flexibility index (Phi) is 3.20. The summed E-state index contributed by atoms with van der Waals surface area (Å²) in [5, 5.41) is 9.88. The normalized spacial score (nSPS) is 35.4. The highest BCUT2D eigenvalue weighted by Crippen LogP contribution is 2.39. The maximum Gasteiger partial charge on any atom is 0.134 e. The first-order valence-electron chi connectivity index (χ1n) is 6.40. The van der Waals surface area contributed by atoms with Gasteiger partial charge in [0, 0.05) is 12.1 Å². The summed E-state index contributed by atoms with van der Waals surface area (Å²) in [4.78, 5) is 0. The van der Waals surface area contributed by atoms with E-state index in [1.807, 2.05) is 12.1 Å².